The fraction of sp³-hybridized carbons (Fsp3) is 0.0667. The molecule has 0 fully saturated rings. The number of nitrogen functional groups attached to an aromatic ring is 2. The second-order valence-electron chi connectivity index (χ2n) is 4.64. The standard InChI is InChI=1S/C15H13N3O3/c1-21-9-4-2-8(3-5-9)18-14(19)12-10(16)6-7-11(17)13(12)15(18)20/h2-7H,16-17H2,1H3. The lowest BCUT2D eigenvalue weighted by atomic mass is 10.1. The molecule has 2 amide bonds. The van der Waals surface area contributed by atoms with Gasteiger partial charge in [-0.25, -0.2) is 4.90 Å². The van der Waals surface area contributed by atoms with Crippen LogP contribution in [0.1, 0.15) is 20.7 Å². The van der Waals surface area contributed by atoms with Gasteiger partial charge in [-0.05, 0) is 36.4 Å². The molecule has 0 saturated carbocycles. The van der Waals surface area contributed by atoms with Crippen molar-refractivity contribution in [2.45, 2.75) is 0 Å². The molecule has 6 heteroatoms. The molecule has 1 heterocycles. The second kappa shape index (κ2) is 4.52. The maximum atomic E-state index is 12.5. The van der Waals surface area contributed by atoms with Crippen LogP contribution in [-0.4, -0.2) is 18.9 Å². The van der Waals surface area contributed by atoms with Gasteiger partial charge >= 0.3 is 0 Å². The zero-order chi connectivity index (χ0) is 15.1. The predicted molar refractivity (Wildman–Crippen MR) is 79.4 cm³/mol. The van der Waals surface area contributed by atoms with Crippen molar-refractivity contribution in [3.8, 4) is 5.75 Å². The number of carbonyl (C=O) groups is 2. The predicted octanol–water partition coefficient (Wildman–Crippen LogP) is 1.66. The van der Waals surface area contributed by atoms with E-state index in [4.69, 9.17) is 16.2 Å². The van der Waals surface area contributed by atoms with Crippen molar-refractivity contribution in [2.24, 2.45) is 0 Å². The quantitative estimate of drug-likeness (QED) is 0.645. The number of fused-ring (bicyclic) bond motifs is 1. The zero-order valence-corrected chi connectivity index (χ0v) is 11.3. The third-order valence-electron chi connectivity index (χ3n) is 3.43. The molecule has 4 N–H and O–H groups in total. The molecule has 6 nitrogen and oxygen atoms in total. The normalized spacial score (nSPS) is 13.5. The summed E-state index contributed by atoms with van der Waals surface area (Å²) < 4.78 is 5.06. The van der Waals surface area contributed by atoms with Gasteiger partial charge in [0.2, 0.25) is 0 Å². The molecular weight excluding hydrogens is 270 g/mol. The molecule has 0 aliphatic carbocycles. The number of hydrogen-bond acceptors (Lipinski definition) is 5. The van der Waals surface area contributed by atoms with Gasteiger partial charge in [0.1, 0.15) is 5.75 Å². The van der Waals surface area contributed by atoms with Crippen molar-refractivity contribution in [1.82, 2.24) is 0 Å². The molecular formula is C15H13N3O3. The summed E-state index contributed by atoms with van der Waals surface area (Å²) in [6.45, 7) is 0. The van der Waals surface area contributed by atoms with Crippen LogP contribution in [0.5, 0.6) is 5.75 Å². The highest BCUT2D eigenvalue weighted by molar-refractivity contribution is 6.37. The van der Waals surface area contributed by atoms with Gasteiger partial charge in [0, 0.05) is 11.4 Å². The van der Waals surface area contributed by atoms with Crippen LogP contribution in [0.2, 0.25) is 0 Å². The van der Waals surface area contributed by atoms with E-state index in [9.17, 15) is 9.59 Å². The summed E-state index contributed by atoms with van der Waals surface area (Å²) in [7, 11) is 1.54. The fourth-order valence-corrected chi connectivity index (χ4v) is 2.38. The number of nitrogens with zero attached hydrogens (tertiary/aromatic N) is 1. The SMILES string of the molecule is COc1ccc(N2C(=O)c3c(N)ccc(N)c3C2=O)cc1. The molecule has 106 valence electrons. The number of ether oxygens (including phenoxy) is 1. The molecule has 0 radical (unpaired) electrons. The molecule has 0 bridgehead atoms. The van der Waals surface area contributed by atoms with E-state index < -0.39 is 11.8 Å². The molecule has 1 aliphatic rings. The number of anilines is 3. The first kappa shape index (κ1) is 13.0. The molecule has 0 spiro atoms. The fourth-order valence-electron chi connectivity index (χ4n) is 2.38. The Morgan fingerprint density at radius 2 is 1.33 bits per heavy atom. The van der Waals surface area contributed by atoms with Gasteiger partial charge in [-0.2, -0.15) is 0 Å². The monoisotopic (exact) mass is 283 g/mol. The third-order valence-corrected chi connectivity index (χ3v) is 3.43. The number of methoxy groups -OCH3 is 1. The topological polar surface area (TPSA) is 98.7 Å². The highest BCUT2D eigenvalue weighted by atomic mass is 16.5. The maximum Gasteiger partial charge on any atom is 0.268 e. The van der Waals surface area contributed by atoms with E-state index in [1.165, 1.54) is 12.1 Å². The molecule has 1 aliphatic heterocycles. The first-order valence-corrected chi connectivity index (χ1v) is 6.25. The van der Waals surface area contributed by atoms with E-state index in [-0.39, 0.29) is 22.5 Å². The minimum absolute atomic E-state index is 0.163. The lowest BCUT2D eigenvalue weighted by molar-refractivity contribution is 0.0926. The van der Waals surface area contributed by atoms with Gasteiger partial charge in [-0.3, -0.25) is 9.59 Å². The summed E-state index contributed by atoms with van der Waals surface area (Å²) in [5.74, 6) is -0.302. The largest absolute Gasteiger partial charge is 0.497 e. The van der Waals surface area contributed by atoms with E-state index in [1.54, 1.807) is 31.4 Å². The van der Waals surface area contributed by atoms with Crippen LogP contribution in [0.25, 0.3) is 0 Å². The van der Waals surface area contributed by atoms with Crippen LogP contribution in [0.3, 0.4) is 0 Å². The van der Waals surface area contributed by atoms with Gasteiger partial charge in [0.05, 0.1) is 23.9 Å². The summed E-state index contributed by atoms with van der Waals surface area (Å²) in [6.07, 6.45) is 0. The van der Waals surface area contributed by atoms with E-state index in [1.807, 2.05) is 0 Å². The smallest absolute Gasteiger partial charge is 0.268 e. The number of imide groups is 1. The molecule has 2 aromatic carbocycles. The van der Waals surface area contributed by atoms with Gasteiger partial charge in [0.25, 0.3) is 11.8 Å². The van der Waals surface area contributed by atoms with Gasteiger partial charge < -0.3 is 16.2 Å². The number of hydrogen-bond donors (Lipinski definition) is 2. The lowest BCUT2D eigenvalue weighted by Crippen LogP contribution is -2.29. The third kappa shape index (κ3) is 1.80. The number of amides is 2. The molecule has 0 atom stereocenters. The van der Waals surface area contributed by atoms with Crippen molar-refractivity contribution in [2.75, 3.05) is 23.5 Å². The summed E-state index contributed by atoms with van der Waals surface area (Å²) in [5, 5.41) is 0. The number of rotatable bonds is 2. The van der Waals surface area contributed by atoms with E-state index in [0.717, 1.165) is 4.90 Å². The highest BCUT2D eigenvalue weighted by Gasteiger charge is 2.39. The summed E-state index contributed by atoms with van der Waals surface area (Å²) in [4.78, 5) is 26.0. The van der Waals surface area contributed by atoms with E-state index >= 15 is 0 Å². The van der Waals surface area contributed by atoms with Crippen molar-refractivity contribution in [3.63, 3.8) is 0 Å². The van der Waals surface area contributed by atoms with Crippen LogP contribution in [0.15, 0.2) is 36.4 Å². The first-order valence-electron chi connectivity index (χ1n) is 6.25. The maximum absolute atomic E-state index is 12.5. The molecule has 0 saturated heterocycles. The van der Waals surface area contributed by atoms with Crippen LogP contribution in [0.4, 0.5) is 17.1 Å². The van der Waals surface area contributed by atoms with Gasteiger partial charge in [-0.15, -0.1) is 0 Å². The summed E-state index contributed by atoms with van der Waals surface area (Å²) in [5.41, 5.74) is 12.9. The zero-order valence-electron chi connectivity index (χ0n) is 11.3. The van der Waals surface area contributed by atoms with Gasteiger partial charge in [-0.1, -0.05) is 0 Å². The van der Waals surface area contributed by atoms with E-state index in [2.05, 4.69) is 0 Å². The minimum Gasteiger partial charge on any atom is -0.497 e. The summed E-state index contributed by atoms with van der Waals surface area (Å²) >= 11 is 0. The van der Waals surface area contributed by atoms with Crippen molar-refractivity contribution in [3.05, 3.63) is 47.5 Å². The Morgan fingerprint density at radius 1 is 0.857 bits per heavy atom. The number of nitrogens with two attached hydrogens (primary N) is 2. The van der Waals surface area contributed by atoms with Crippen LogP contribution in [-0.2, 0) is 0 Å². The summed E-state index contributed by atoms with van der Waals surface area (Å²) in [6, 6.07) is 9.66. The second-order valence-corrected chi connectivity index (χ2v) is 4.64. The highest BCUT2D eigenvalue weighted by Crippen LogP contribution is 2.35. The number of benzene rings is 2. The van der Waals surface area contributed by atoms with Gasteiger partial charge in [0.15, 0.2) is 0 Å². The van der Waals surface area contributed by atoms with Crippen molar-refractivity contribution >= 4 is 28.9 Å². The van der Waals surface area contributed by atoms with Crippen LogP contribution < -0.4 is 21.1 Å². The molecule has 2 aromatic rings. The van der Waals surface area contributed by atoms with E-state index in [0.29, 0.717) is 11.4 Å². The Bertz CT molecular complexity index is 713. The average molecular weight is 283 g/mol. The Hall–Kier alpha value is -3.02. The molecule has 0 aromatic heterocycles. The molecule has 21 heavy (non-hydrogen) atoms. The van der Waals surface area contributed by atoms with Crippen molar-refractivity contribution in [1.29, 1.82) is 0 Å². The van der Waals surface area contributed by atoms with Crippen molar-refractivity contribution < 1.29 is 14.3 Å². The Morgan fingerprint density at radius 3 is 1.76 bits per heavy atom. The first-order chi connectivity index (χ1) is 10.0. The lowest BCUT2D eigenvalue weighted by Gasteiger charge is -2.14. The Labute approximate surface area is 120 Å². The minimum atomic E-state index is -0.468. The Balaban J connectivity index is 2.11. The number of carbonyl (C=O) groups excluding carboxylic acids is 2. The van der Waals surface area contributed by atoms with Crippen LogP contribution >= 0.6 is 0 Å². The van der Waals surface area contributed by atoms with Crippen LogP contribution in [0, 0.1) is 0 Å². The molecule has 0 unspecified atom stereocenters. The Kier molecular flexibility index (Phi) is 2.79. The molecule has 3 rings (SSSR count). The average Bonchev–Trinajstić information content (AvgIpc) is 2.76.